The smallest absolute Gasteiger partial charge is 0.133 e. The Morgan fingerprint density at radius 2 is 2.47 bits per heavy atom. The highest BCUT2D eigenvalue weighted by Crippen LogP contribution is 2.16. The molecule has 1 atom stereocenters. The van der Waals surface area contributed by atoms with Crippen LogP contribution in [0.4, 0.5) is 5.82 Å². The molecular formula is C11H17N3O. The predicted octanol–water partition coefficient (Wildman–Crippen LogP) is 1.63. The van der Waals surface area contributed by atoms with Crippen molar-refractivity contribution >= 4 is 5.82 Å². The van der Waals surface area contributed by atoms with Crippen molar-refractivity contribution < 1.29 is 4.74 Å². The fourth-order valence-electron chi connectivity index (χ4n) is 1.81. The van der Waals surface area contributed by atoms with Gasteiger partial charge in [-0.15, -0.1) is 0 Å². The van der Waals surface area contributed by atoms with E-state index >= 15 is 0 Å². The Kier molecular flexibility index (Phi) is 3.50. The van der Waals surface area contributed by atoms with E-state index in [2.05, 4.69) is 15.3 Å². The number of aromatic nitrogens is 2. The molecule has 0 radical (unpaired) electrons. The second-order valence-corrected chi connectivity index (χ2v) is 3.80. The van der Waals surface area contributed by atoms with E-state index in [1.807, 2.05) is 13.1 Å². The van der Waals surface area contributed by atoms with Crippen LogP contribution in [-0.4, -0.2) is 29.7 Å². The van der Waals surface area contributed by atoms with E-state index in [9.17, 15) is 0 Å². The van der Waals surface area contributed by atoms with Gasteiger partial charge in [-0.05, 0) is 25.3 Å². The summed E-state index contributed by atoms with van der Waals surface area (Å²) in [6, 6.07) is 1.87. The van der Waals surface area contributed by atoms with E-state index in [1.165, 1.54) is 12.8 Å². The molecule has 1 aromatic heterocycles. The summed E-state index contributed by atoms with van der Waals surface area (Å²) in [7, 11) is 1.86. The highest BCUT2D eigenvalue weighted by Gasteiger charge is 2.15. The Morgan fingerprint density at radius 3 is 3.20 bits per heavy atom. The summed E-state index contributed by atoms with van der Waals surface area (Å²) in [5, 5.41) is 3.01. The van der Waals surface area contributed by atoms with Crippen molar-refractivity contribution in [1.29, 1.82) is 0 Å². The van der Waals surface area contributed by atoms with Gasteiger partial charge in [0, 0.05) is 26.3 Å². The summed E-state index contributed by atoms with van der Waals surface area (Å²) in [6.07, 6.45) is 6.51. The minimum absolute atomic E-state index is 0.311. The minimum Gasteiger partial charge on any atom is -0.378 e. The molecule has 1 fully saturated rings. The quantitative estimate of drug-likeness (QED) is 0.818. The first-order valence-corrected chi connectivity index (χ1v) is 5.50. The van der Waals surface area contributed by atoms with Crippen LogP contribution in [0.25, 0.3) is 0 Å². The highest BCUT2D eigenvalue weighted by molar-refractivity contribution is 5.31. The van der Waals surface area contributed by atoms with Gasteiger partial charge in [-0.2, -0.15) is 0 Å². The van der Waals surface area contributed by atoms with Crippen molar-refractivity contribution in [3.05, 3.63) is 18.1 Å². The van der Waals surface area contributed by atoms with E-state index in [0.717, 1.165) is 31.1 Å². The standard InChI is InChI=1S/C11H17N3O/c1-12-10-5-6-13-11(14-10)8-9-4-2-3-7-15-9/h5-6,9H,2-4,7-8H2,1H3,(H,12,13,14). The average molecular weight is 207 g/mol. The molecular weight excluding hydrogens is 190 g/mol. The third kappa shape index (κ3) is 2.89. The number of rotatable bonds is 3. The van der Waals surface area contributed by atoms with Gasteiger partial charge in [0.1, 0.15) is 11.6 Å². The maximum absolute atomic E-state index is 5.65. The molecule has 82 valence electrons. The van der Waals surface area contributed by atoms with Crippen molar-refractivity contribution in [1.82, 2.24) is 9.97 Å². The molecule has 0 saturated carbocycles. The summed E-state index contributed by atoms with van der Waals surface area (Å²) in [5.41, 5.74) is 0. The molecule has 1 aliphatic rings. The predicted molar refractivity (Wildman–Crippen MR) is 58.9 cm³/mol. The lowest BCUT2D eigenvalue weighted by molar-refractivity contribution is 0.0156. The van der Waals surface area contributed by atoms with Gasteiger partial charge in [-0.1, -0.05) is 0 Å². The zero-order valence-electron chi connectivity index (χ0n) is 9.07. The molecule has 1 unspecified atom stereocenters. The van der Waals surface area contributed by atoms with Gasteiger partial charge in [0.25, 0.3) is 0 Å². The third-order valence-electron chi connectivity index (χ3n) is 2.65. The second-order valence-electron chi connectivity index (χ2n) is 3.80. The third-order valence-corrected chi connectivity index (χ3v) is 2.65. The van der Waals surface area contributed by atoms with Crippen LogP contribution in [-0.2, 0) is 11.2 Å². The Bertz CT molecular complexity index is 310. The lowest BCUT2D eigenvalue weighted by Gasteiger charge is -2.21. The number of hydrogen-bond donors (Lipinski definition) is 1. The van der Waals surface area contributed by atoms with E-state index in [-0.39, 0.29) is 0 Å². The maximum Gasteiger partial charge on any atom is 0.133 e. The van der Waals surface area contributed by atoms with Crippen molar-refractivity contribution in [2.24, 2.45) is 0 Å². The van der Waals surface area contributed by atoms with Gasteiger partial charge in [-0.3, -0.25) is 0 Å². The number of nitrogens with one attached hydrogen (secondary N) is 1. The Hall–Kier alpha value is -1.16. The fraction of sp³-hybridized carbons (Fsp3) is 0.636. The molecule has 1 N–H and O–H groups in total. The largest absolute Gasteiger partial charge is 0.378 e. The van der Waals surface area contributed by atoms with Crippen LogP contribution in [0.1, 0.15) is 25.1 Å². The van der Waals surface area contributed by atoms with Crippen LogP contribution >= 0.6 is 0 Å². The van der Waals surface area contributed by atoms with Crippen LogP contribution in [0.5, 0.6) is 0 Å². The van der Waals surface area contributed by atoms with Gasteiger partial charge in [0.2, 0.25) is 0 Å². The van der Waals surface area contributed by atoms with Gasteiger partial charge in [-0.25, -0.2) is 9.97 Å². The van der Waals surface area contributed by atoms with Crippen LogP contribution < -0.4 is 5.32 Å². The number of anilines is 1. The molecule has 4 heteroatoms. The van der Waals surface area contributed by atoms with E-state index in [4.69, 9.17) is 4.74 Å². The Labute approximate surface area is 90.1 Å². The van der Waals surface area contributed by atoms with Gasteiger partial charge < -0.3 is 10.1 Å². The second kappa shape index (κ2) is 5.07. The number of hydrogen-bond acceptors (Lipinski definition) is 4. The van der Waals surface area contributed by atoms with Crippen LogP contribution in [0.2, 0.25) is 0 Å². The monoisotopic (exact) mass is 207 g/mol. The number of nitrogens with zero attached hydrogens (tertiary/aromatic N) is 2. The van der Waals surface area contributed by atoms with Crippen molar-refractivity contribution in [3.8, 4) is 0 Å². The van der Waals surface area contributed by atoms with E-state index in [0.29, 0.717) is 6.10 Å². The van der Waals surface area contributed by atoms with Crippen LogP contribution in [0.15, 0.2) is 12.3 Å². The first-order chi connectivity index (χ1) is 7.38. The average Bonchev–Trinajstić information content (AvgIpc) is 2.31. The van der Waals surface area contributed by atoms with Crippen LogP contribution in [0.3, 0.4) is 0 Å². The zero-order chi connectivity index (χ0) is 10.5. The van der Waals surface area contributed by atoms with Gasteiger partial charge in [0.15, 0.2) is 0 Å². The number of ether oxygens (including phenoxy) is 1. The molecule has 0 aromatic carbocycles. The van der Waals surface area contributed by atoms with Crippen molar-refractivity contribution in [2.75, 3.05) is 19.0 Å². The maximum atomic E-state index is 5.65. The zero-order valence-corrected chi connectivity index (χ0v) is 9.07. The lowest BCUT2D eigenvalue weighted by Crippen LogP contribution is -2.22. The van der Waals surface area contributed by atoms with Crippen molar-refractivity contribution in [2.45, 2.75) is 31.8 Å². The SMILES string of the molecule is CNc1ccnc(CC2CCCCO2)n1. The molecule has 0 aliphatic carbocycles. The van der Waals surface area contributed by atoms with Crippen LogP contribution in [0, 0.1) is 0 Å². The molecule has 2 heterocycles. The summed E-state index contributed by atoms with van der Waals surface area (Å²) >= 11 is 0. The topological polar surface area (TPSA) is 47.0 Å². The minimum atomic E-state index is 0.311. The van der Waals surface area contributed by atoms with Crippen molar-refractivity contribution in [3.63, 3.8) is 0 Å². The van der Waals surface area contributed by atoms with Gasteiger partial charge >= 0.3 is 0 Å². The fourth-order valence-corrected chi connectivity index (χ4v) is 1.81. The molecule has 0 bridgehead atoms. The molecule has 2 rings (SSSR count). The normalized spacial score (nSPS) is 21.3. The molecule has 15 heavy (non-hydrogen) atoms. The summed E-state index contributed by atoms with van der Waals surface area (Å²) in [6.45, 7) is 0.885. The molecule has 1 saturated heterocycles. The molecule has 0 spiro atoms. The Balaban J connectivity index is 1.96. The first-order valence-electron chi connectivity index (χ1n) is 5.50. The summed E-state index contributed by atoms with van der Waals surface area (Å²) in [4.78, 5) is 8.63. The molecule has 1 aliphatic heterocycles. The molecule has 4 nitrogen and oxygen atoms in total. The van der Waals surface area contributed by atoms with Gasteiger partial charge in [0.05, 0.1) is 6.10 Å². The lowest BCUT2D eigenvalue weighted by atomic mass is 10.1. The summed E-state index contributed by atoms with van der Waals surface area (Å²) < 4.78 is 5.65. The Morgan fingerprint density at radius 1 is 1.53 bits per heavy atom. The van der Waals surface area contributed by atoms with E-state index < -0.39 is 0 Å². The first kappa shape index (κ1) is 10.4. The van der Waals surface area contributed by atoms with E-state index in [1.54, 1.807) is 6.20 Å². The highest BCUT2D eigenvalue weighted by atomic mass is 16.5. The summed E-state index contributed by atoms with van der Waals surface area (Å²) in [5.74, 6) is 1.74. The molecule has 1 aromatic rings. The molecule has 0 amide bonds.